The van der Waals surface area contributed by atoms with Crippen molar-refractivity contribution in [1.29, 1.82) is 0 Å². The molecule has 8 atom stereocenters. The number of halogens is 1. The molecule has 2 fully saturated rings. The molecule has 1 saturated carbocycles. The summed E-state index contributed by atoms with van der Waals surface area (Å²) >= 11 is 6.47. The highest BCUT2D eigenvalue weighted by molar-refractivity contribution is 7.90. The number of likely N-dealkylation sites (N-methyl/N-ethyl adjacent to an activating group) is 1. The summed E-state index contributed by atoms with van der Waals surface area (Å²) in [6.45, 7) is 7.16. The van der Waals surface area contributed by atoms with E-state index in [1.165, 1.54) is 11.1 Å². The Kier molecular flexibility index (Phi) is 10.0. The maximum absolute atomic E-state index is 13.6. The van der Waals surface area contributed by atoms with E-state index in [1.807, 2.05) is 25.1 Å². The van der Waals surface area contributed by atoms with Crippen LogP contribution in [0.3, 0.4) is 0 Å². The topological polar surface area (TPSA) is 97.4 Å². The number of sulfonamides is 1. The van der Waals surface area contributed by atoms with Crippen molar-refractivity contribution in [3.8, 4) is 5.75 Å². The lowest BCUT2D eigenvalue weighted by Crippen LogP contribution is -2.50. The number of aryl methyl sites for hydroxylation is 1. The molecule has 9 nitrogen and oxygen atoms in total. The number of ether oxygens (including phenoxy) is 3. The minimum absolute atomic E-state index is 0.0411. The molecule has 5 aliphatic rings. The summed E-state index contributed by atoms with van der Waals surface area (Å²) in [7, 11) is 0.217. The third-order valence-corrected chi connectivity index (χ3v) is 14.3. The molecule has 3 heterocycles. The summed E-state index contributed by atoms with van der Waals surface area (Å²) in [6, 6.07) is 11.6. The summed E-state index contributed by atoms with van der Waals surface area (Å²) in [5.74, 6) is 1.06. The van der Waals surface area contributed by atoms with E-state index in [0.717, 1.165) is 87.5 Å². The fraction of sp³-hybridized carbons (Fsp3) is 0.658. The Hall–Kier alpha value is -2.37. The number of carbonyl (C=O) groups excluding carboxylic acids is 1. The average molecular weight is 714 g/mol. The number of amides is 1. The van der Waals surface area contributed by atoms with Crippen LogP contribution in [0.15, 0.2) is 36.4 Å². The predicted octanol–water partition coefficient (Wildman–Crippen LogP) is 6.03. The smallest absolute Gasteiger partial charge is 0.264 e. The molecule has 2 aromatic rings. The zero-order valence-electron chi connectivity index (χ0n) is 29.3. The molecule has 2 bridgehead atoms. The van der Waals surface area contributed by atoms with E-state index in [2.05, 4.69) is 40.7 Å². The van der Waals surface area contributed by atoms with Gasteiger partial charge in [0.25, 0.3) is 5.91 Å². The van der Waals surface area contributed by atoms with Crippen molar-refractivity contribution >= 4 is 33.2 Å². The molecule has 0 radical (unpaired) electrons. The Morgan fingerprint density at radius 1 is 1.04 bits per heavy atom. The first kappa shape index (κ1) is 35.1. The Morgan fingerprint density at radius 3 is 2.65 bits per heavy atom. The fourth-order valence-electron chi connectivity index (χ4n) is 9.17. The quantitative estimate of drug-likeness (QED) is 0.412. The third-order valence-electron chi connectivity index (χ3n) is 12.2. The highest BCUT2D eigenvalue weighted by Gasteiger charge is 2.47. The van der Waals surface area contributed by atoms with Gasteiger partial charge in [0.1, 0.15) is 5.75 Å². The van der Waals surface area contributed by atoms with Gasteiger partial charge in [0.2, 0.25) is 10.0 Å². The van der Waals surface area contributed by atoms with E-state index in [4.69, 9.17) is 25.8 Å². The van der Waals surface area contributed by atoms with Crippen LogP contribution in [-0.2, 0) is 31.3 Å². The number of anilines is 1. The summed E-state index contributed by atoms with van der Waals surface area (Å²) in [5, 5.41) is 0.0311. The van der Waals surface area contributed by atoms with E-state index in [0.29, 0.717) is 30.6 Å². The minimum Gasteiger partial charge on any atom is -0.490 e. The lowest BCUT2D eigenvalue weighted by molar-refractivity contribution is -0.134. The Morgan fingerprint density at radius 2 is 1.88 bits per heavy atom. The number of benzene rings is 2. The zero-order valence-corrected chi connectivity index (χ0v) is 30.9. The second kappa shape index (κ2) is 14.0. The number of nitrogens with one attached hydrogen (secondary N) is 1. The monoisotopic (exact) mass is 713 g/mol. The molecule has 1 spiro atoms. The van der Waals surface area contributed by atoms with Crippen LogP contribution in [-0.4, -0.2) is 83.8 Å². The van der Waals surface area contributed by atoms with Crippen LogP contribution in [0.25, 0.3) is 0 Å². The molecule has 1 saturated heterocycles. The van der Waals surface area contributed by atoms with Gasteiger partial charge in [0, 0.05) is 41.6 Å². The van der Waals surface area contributed by atoms with Gasteiger partial charge in [-0.1, -0.05) is 31.0 Å². The van der Waals surface area contributed by atoms with Crippen LogP contribution in [0.4, 0.5) is 5.69 Å². The maximum atomic E-state index is 13.6. The molecule has 1 amide bonds. The predicted molar refractivity (Wildman–Crippen MR) is 192 cm³/mol. The van der Waals surface area contributed by atoms with E-state index in [-0.39, 0.29) is 29.6 Å². The number of hydrogen-bond acceptors (Lipinski definition) is 8. The summed E-state index contributed by atoms with van der Waals surface area (Å²) in [6.07, 6.45) is 7.55. The highest BCUT2D eigenvalue weighted by atomic mass is 35.5. The first-order chi connectivity index (χ1) is 23.4. The van der Waals surface area contributed by atoms with Gasteiger partial charge in [-0.05, 0) is 125 Å². The van der Waals surface area contributed by atoms with E-state index in [1.54, 1.807) is 13.0 Å². The van der Waals surface area contributed by atoms with Gasteiger partial charge in [-0.2, -0.15) is 0 Å². The lowest BCUT2D eigenvalue weighted by Gasteiger charge is -2.47. The van der Waals surface area contributed by atoms with E-state index >= 15 is 0 Å². The van der Waals surface area contributed by atoms with Gasteiger partial charge in [-0.25, -0.2) is 13.1 Å². The van der Waals surface area contributed by atoms with Crippen molar-refractivity contribution in [2.75, 3.05) is 51.8 Å². The molecular weight excluding hydrogens is 662 g/mol. The minimum atomic E-state index is -3.90. The van der Waals surface area contributed by atoms with Crippen LogP contribution in [0.2, 0.25) is 5.02 Å². The number of fused-ring (bicyclic) bond motifs is 4. The zero-order chi connectivity index (χ0) is 34.5. The molecule has 268 valence electrons. The van der Waals surface area contributed by atoms with Crippen molar-refractivity contribution in [3.63, 3.8) is 0 Å². The SMILES string of the molecule is C[C@@H]1[C@@H](C)CCC[C@H]([C@H]2OC[C@@H](CN(C)C)O2)[C@@H]2CC[C@H]2CN2C[C@@]3(CCCc4cc(Cl)ccc43)COc3ccc(cc32)C(=O)NS1(=O)=O. The molecule has 1 N–H and O–H groups in total. The standard InChI is InChI=1S/C38H52ClN3O6S/c1-24-7-5-9-32(37-46-21-30(48-37)20-41(3)4)31-13-10-28(31)19-42-22-38(16-6-8-26-17-29(39)12-14-33(26)38)23-47-35-15-11-27(18-34(35)42)36(43)40-49(44,45)25(24)2/h11-12,14-15,17-18,24-25,28,30-32,37H,5-10,13,16,19-23H2,1-4H3,(H,40,43)/t24-,25+,28-,30+,31+,32-,37-,38-/m0/s1. The molecule has 11 heteroatoms. The van der Waals surface area contributed by atoms with Gasteiger partial charge in [0.15, 0.2) is 6.29 Å². The van der Waals surface area contributed by atoms with Crippen molar-refractivity contribution in [1.82, 2.24) is 9.62 Å². The van der Waals surface area contributed by atoms with Crippen molar-refractivity contribution in [3.05, 3.63) is 58.1 Å². The Balaban J connectivity index is 1.27. The highest BCUT2D eigenvalue weighted by Crippen LogP contribution is 2.49. The van der Waals surface area contributed by atoms with Gasteiger partial charge in [0.05, 0.1) is 30.3 Å². The largest absolute Gasteiger partial charge is 0.490 e. The molecule has 7 rings (SSSR count). The first-order valence-electron chi connectivity index (χ1n) is 18.2. The average Bonchev–Trinajstić information content (AvgIpc) is 3.44. The van der Waals surface area contributed by atoms with Gasteiger partial charge >= 0.3 is 0 Å². The van der Waals surface area contributed by atoms with Gasteiger partial charge < -0.3 is 24.0 Å². The Bertz CT molecular complexity index is 1650. The van der Waals surface area contributed by atoms with Crippen molar-refractivity contribution in [2.24, 2.45) is 23.7 Å². The Labute approximate surface area is 297 Å². The van der Waals surface area contributed by atoms with Crippen molar-refractivity contribution < 1.29 is 27.4 Å². The normalized spacial score (nSPS) is 34.7. The van der Waals surface area contributed by atoms with E-state index in [9.17, 15) is 13.2 Å². The second-order valence-electron chi connectivity index (χ2n) is 15.8. The molecule has 2 aromatic carbocycles. The van der Waals surface area contributed by atoms with Crippen LogP contribution in [0.1, 0.15) is 80.3 Å². The molecule has 49 heavy (non-hydrogen) atoms. The summed E-state index contributed by atoms with van der Waals surface area (Å²) in [5.41, 5.74) is 3.49. The lowest BCUT2D eigenvalue weighted by atomic mass is 9.64. The van der Waals surface area contributed by atoms with Gasteiger partial charge in [-0.15, -0.1) is 0 Å². The summed E-state index contributed by atoms with van der Waals surface area (Å²) < 4.78 is 49.0. The molecule has 2 aliphatic carbocycles. The molecule has 0 aromatic heterocycles. The summed E-state index contributed by atoms with van der Waals surface area (Å²) in [4.78, 5) is 18.1. The van der Waals surface area contributed by atoms with Crippen LogP contribution in [0, 0.1) is 23.7 Å². The number of carbonyl (C=O) groups is 1. The third kappa shape index (κ3) is 7.10. The number of hydrogen-bond donors (Lipinski definition) is 1. The maximum Gasteiger partial charge on any atom is 0.264 e. The van der Waals surface area contributed by atoms with Crippen LogP contribution >= 0.6 is 11.6 Å². The van der Waals surface area contributed by atoms with Crippen LogP contribution < -0.4 is 14.4 Å². The number of nitrogens with zero attached hydrogens (tertiary/aromatic N) is 2. The van der Waals surface area contributed by atoms with E-state index < -0.39 is 21.2 Å². The molecule has 3 aliphatic heterocycles. The number of rotatable bonds is 3. The van der Waals surface area contributed by atoms with Gasteiger partial charge in [-0.3, -0.25) is 4.79 Å². The van der Waals surface area contributed by atoms with Crippen LogP contribution in [0.5, 0.6) is 5.75 Å². The first-order valence-corrected chi connectivity index (χ1v) is 20.1. The van der Waals surface area contributed by atoms with Crippen molar-refractivity contribution in [2.45, 2.75) is 88.3 Å². The fourth-order valence-corrected chi connectivity index (χ4v) is 10.7. The second-order valence-corrected chi connectivity index (χ2v) is 18.2. The molecule has 0 unspecified atom stereocenters. The molecular formula is C38H52ClN3O6S.